The van der Waals surface area contributed by atoms with Crippen LogP contribution >= 0.6 is 11.6 Å². The molecule has 2 aromatic rings. The van der Waals surface area contributed by atoms with Crippen molar-refractivity contribution in [2.75, 3.05) is 20.6 Å². The van der Waals surface area contributed by atoms with Crippen molar-refractivity contribution in [3.8, 4) is 0 Å². The van der Waals surface area contributed by atoms with Crippen molar-refractivity contribution >= 4 is 17.5 Å². The van der Waals surface area contributed by atoms with Crippen molar-refractivity contribution in [1.82, 2.24) is 15.4 Å². The van der Waals surface area contributed by atoms with Crippen LogP contribution in [0, 0.1) is 13.8 Å². The molecule has 124 valence electrons. The zero-order valence-electron chi connectivity index (χ0n) is 13.9. The van der Waals surface area contributed by atoms with E-state index in [-0.39, 0.29) is 18.4 Å². The van der Waals surface area contributed by atoms with Crippen molar-refractivity contribution in [1.29, 1.82) is 0 Å². The fourth-order valence-electron chi connectivity index (χ4n) is 2.50. The van der Waals surface area contributed by atoms with E-state index in [0.717, 1.165) is 16.8 Å². The molecule has 5 nitrogen and oxygen atoms in total. The normalized spacial score (nSPS) is 12.4. The summed E-state index contributed by atoms with van der Waals surface area (Å²) in [5.74, 6) is 0.631. The smallest absolute Gasteiger partial charge is 0.224 e. The number of likely N-dealkylation sites (N-methyl/N-ethyl adjacent to an activating group) is 1. The Balaban J connectivity index is 2.02. The Hall–Kier alpha value is -1.85. The van der Waals surface area contributed by atoms with Gasteiger partial charge in [0.2, 0.25) is 5.91 Å². The SMILES string of the molecule is Cc1noc(C)c1CC(=O)NC[C@@H](c1ccccc1Cl)N(C)C. The second kappa shape index (κ2) is 7.62. The van der Waals surface area contributed by atoms with E-state index in [1.807, 2.05) is 57.1 Å². The molecule has 0 bridgehead atoms. The van der Waals surface area contributed by atoms with Crippen LogP contribution < -0.4 is 5.32 Å². The highest BCUT2D eigenvalue weighted by Gasteiger charge is 2.19. The van der Waals surface area contributed by atoms with E-state index in [1.54, 1.807) is 0 Å². The molecule has 1 aromatic carbocycles. The number of hydrogen-bond donors (Lipinski definition) is 1. The lowest BCUT2D eigenvalue weighted by Gasteiger charge is -2.26. The maximum absolute atomic E-state index is 12.2. The Morgan fingerprint density at radius 3 is 2.61 bits per heavy atom. The van der Waals surface area contributed by atoms with Crippen molar-refractivity contribution in [2.45, 2.75) is 26.3 Å². The van der Waals surface area contributed by atoms with Crippen LogP contribution in [0.4, 0.5) is 0 Å². The summed E-state index contributed by atoms with van der Waals surface area (Å²) in [7, 11) is 3.93. The van der Waals surface area contributed by atoms with E-state index in [1.165, 1.54) is 0 Å². The molecule has 1 N–H and O–H groups in total. The van der Waals surface area contributed by atoms with Gasteiger partial charge in [-0.25, -0.2) is 0 Å². The van der Waals surface area contributed by atoms with Gasteiger partial charge in [0.25, 0.3) is 0 Å². The van der Waals surface area contributed by atoms with E-state index >= 15 is 0 Å². The zero-order chi connectivity index (χ0) is 17.0. The average Bonchev–Trinajstić information content (AvgIpc) is 2.81. The molecule has 0 unspecified atom stereocenters. The van der Waals surface area contributed by atoms with Gasteiger partial charge in [-0.05, 0) is 39.6 Å². The lowest BCUT2D eigenvalue weighted by molar-refractivity contribution is -0.120. The largest absolute Gasteiger partial charge is 0.361 e. The van der Waals surface area contributed by atoms with E-state index in [9.17, 15) is 4.79 Å². The molecule has 23 heavy (non-hydrogen) atoms. The third-order valence-electron chi connectivity index (χ3n) is 3.90. The summed E-state index contributed by atoms with van der Waals surface area (Å²) in [4.78, 5) is 14.3. The first kappa shape index (κ1) is 17.5. The minimum absolute atomic E-state index is 0.0114. The van der Waals surface area contributed by atoms with Crippen LogP contribution in [-0.2, 0) is 11.2 Å². The van der Waals surface area contributed by atoms with Crippen molar-refractivity contribution in [3.63, 3.8) is 0 Å². The fraction of sp³-hybridized carbons (Fsp3) is 0.412. The molecule has 0 aliphatic rings. The van der Waals surface area contributed by atoms with Gasteiger partial charge in [0.1, 0.15) is 5.76 Å². The first-order valence-electron chi connectivity index (χ1n) is 7.49. The topological polar surface area (TPSA) is 58.4 Å². The van der Waals surface area contributed by atoms with Gasteiger partial charge in [0.05, 0.1) is 18.2 Å². The lowest BCUT2D eigenvalue weighted by Crippen LogP contribution is -2.35. The van der Waals surface area contributed by atoms with Crippen LogP contribution in [0.25, 0.3) is 0 Å². The fourth-order valence-corrected chi connectivity index (χ4v) is 2.77. The van der Waals surface area contributed by atoms with Gasteiger partial charge in [0, 0.05) is 17.1 Å². The second-order valence-corrected chi connectivity index (χ2v) is 6.19. The number of halogens is 1. The molecule has 0 fully saturated rings. The highest BCUT2D eigenvalue weighted by Crippen LogP contribution is 2.25. The minimum atomic E-state index is -0.0571. The van der Waals surface area contributed by atoms with Crippen molar-refractivity contribution < 1.29 is 9.32 Å². The monoisotopic (exact) mass is 335 g/mol. The molecule has 1 atom stereocenters. The molecule has 1 amide bonds. The van der Waals surface area contributed by atoms with Crippen molar-refractivity contribution in [3.05, 3.63) is 51.9 Å². The van der Waals surface area contributed by atoms with Gasteiger partial charge in [-0.15, -0.1) is 0 Å². The minimum Gasteiger partial charge on any atom is -0.361 e. The van der Waals surface area contributed by atoms with Gasteiger partial charge in [-0.2, -0.15) is 0 Å². The molecule has 0 aliphatic carbocycles. The lowest BCUT2D eigenvalue weighted by atomic mass is 10.1. The number of aryl methyl sites for hydroxylation is 2. The molecule has 2 rings (SSSR count). The number of carbonyl (C=O) groups is 1. The second-order valence-electron chi connectivity index (χ2n) is 5.78. The summed E-state index contributed by atoms with van der Waals surface area (Å²) < 4.78 is 5.09. The molecule has 0 saturated heterocycles. The third-order valence-corrected chi connectivity index (χ3v) is 4.24. The van der Waals surface area contributed by atoms with Gasteiger partial charge in [-0.1, -0.05) is 35.0 Å². The summed E-state index contributed by atoms with van der Waals surface area (Å²) in [6.07, 6.45) is 0.268. The predicted molar refractivity (Wildman–Crippen MR) is 90.6 cm³/mol. The summed E-state index contributed by atoms with van der Waals surface area (Å²) in [5.41, 5.74) is 2.60. The van der Waals surface area contributed by atoms with Gasteiger partial charge in [-0.3, -0.25) is 4.79 Å². The molecule has 1 heterocycles. The van der Waals surface area contributed by atoms with Gasteiger partial charge < -0.3 is 14.7 Å². The molecule has 0 aliphatic heterocycles. The van der Waals surface area contributed by atoms with Crippen LogP contribution in [0.2, 0.25) is 5.02 Å². The summed E-state index contributed by atoms with van der Waals surface area (Å²) >= 11 is 6.28. The molecule has 6 heteroatoms. The first-order chi connectivity index (χ1) is 10.9. The Kier molecular flexibility index (Phi) is 5.80. The summed E-state index contributed by atoms with van der Waals surface area (Å²) in [5, 5.41) is 7.55. The van der Waals surface area contributed by atoms with E-state index in [0.29, 0.717) is 17.3 Å². The Labute approximate surface area is 141 Å². The molecule has 0 radical (unpaired) electrons. The highest BCUT2D eigenvalue weighted by molar-refractivity contribution is 6.31. The van der Waals surface area contributed by atoms with E-state index in [2.05, 4.69) is 10.5 Å². The molecule has 0 spiro atoms. The molecule has 0 saturated carbocycles. The van der Waals surface area contributed by atoms with E-state index < -0.39 is 0 Å². The molecular formula is C17H22ClN3O2. The quantitative estimate of drug-likeness (QED) is 0.881. The third kappa shape index (κ3) is 4.33. The Morgan fingerprint density at radius 2 is 2.04 bits per heavy atom. The van der Waals surface area contributed by atoms with Crippen LogP contribution in [0.1, 0.15) is 28.6 Å². The number of nitrogens with one attached hydrogen (secondary N) is 1. The number of amides is 1. The van der Waals surface area contributed by atoms with Crippen LogP contribution in [0.3, 0.4) is 0 Å². The highest BCUT2D eigenvalue weighted by atomic mass is 35.5. The Bertz CT molecular complexity index is 663. The summed E-state index contributed by atoms with van der Waals surface area (Å²) in [6.45, 7) is 4.14. The maximum Gasteiger partial charge on any atom is 0.224 e. The van der Waals surface area contributed by atoms with Crippen molar-refractivity contribution in [2.24, 2.45) is 0 Å². The first-order valence-corrected chi connectivity index (χ1v) is 7.87. The standard InChI is InChI=1S/C17H22ClN3O2/c1-11-14(12(2)23-20-11)9-17(22)19-10-16(21(3)4)13-7-5-6-8-15(13)18/h5-8,16H,9-10H2,1-4H3,(H,19,22)/t16-/m0/s1. The number of aromatic nitrogens is 1. The number of nitrogens with zero attached hydrogens (tertiary/aromatic N) is 2. The average molecular weight is 336 g/mol. The maximum atomic E-state index is 12.2. The van der Waals surface area contributed by atoms with Crippen LogP contribution in [0.5, 0.6) is 0 Å². The zero-order valence-corrected chi connectivity index (χ0v) is 14.6. The van der Waals surface area contributed by atoms with Gasteiger partial charge in [0.15, 0.2) is 0 Å². The number of rotatable bonds is 6. The summed E-state index contributed by atoms with van der Waals surface area (Å²) in [6, 6.07) is 7.70. The number of hydrogen-bond acceptors (Lipinski definition) is 4. The van der Waals surface area contributed by atoms with Gasteiger partial charge >= 0.3 is 0 Å². The molecule has 1 aromatic heterocycles. The predicted octanol–water partition coefficient (Wildman–Crippen LogP) is 2.91. The number of benzene rings is 1. The van der Waals surface area contributed by atoms with Crippen LogP contribution in [-0.4, -0.2) is 36.6 Å². The van der Waals surface area contributed by atoms with Crippen LogP contribution in [0.15, 0.2) is 28.8 Å². The molecular weight excluding hydrogens is 314 g/mol. The Morgan fingerprint density at radius 1 is 1.35 bits per heavy atom. The van der Waals surface area contributed by atoms with E-state index in [4.69, 9.17) is 16.1 Å². The number of carbonyl (C=O) groups excluding carboxylic acids is 1.